The number of fused-ring (bicyclic) bond motifs is 1. The summed E-state index contributed by atoms with van der Waals surface area (Å²) in [7, 11) is 0. The quantitative estimate of drug-likeness (QED) is 0.865. The predicted octanol–water partition coefficient (Wildman–Crippen LogP) is 3.46. The molecule has 2 aliphatic heterocycles. The summed E-state index contributed by atoms with van der Waals surface area (Å²) < 4.78 is 17.1. The molecular formula is C19H21NO3. The summed E-state index contributed by atoms with van der Waals surface area (Å²) in [5, 5.41) is 0. The van der Waals surface area contributed by atoms with Gasteiger partial charge in [-0.15, -0.1) is 0 Å². The number of rotatable bonds is 4. The van der Waals surface area contributed by atoms with Crippen molar-refractivity contribution in [3.05, 3.63) is 54.1 Å². The van der Waals surface area contributed by atoms with Crippen LogP contribution < -0.4 is 14.2 Å². The molecule has 0 amide bonds. The van der Waals surface area contributed by atoms with Gasteiger partial charge in [0.05, 0.1) is 0 Å². The molecule has 0 aliphatic carbocycles. The summed E-state index contributed by atoms with van der Waals surface area (Å²) in [6.07, 6.45) is 2.43. The Morgan fingerprint density at radius 1 is 0.957 bits per heavy atom. The zero-order valence-corrected chi connectivity index (χ0v) is 13.1. The third-order valence-electron chi connectivity index (χ3n) is 4.45. The molecule has 0 bridgehead atoms. The number of ether oxygens (including phenoxy) is 3. The first-order valence-electron chi connectivity index (χ1n) is 8.20. The van der Waals surface area contributed by atoms with E-state index in [1.807, 2.05) is 42.5 Å². The minimum Gasteiger partial charge on any atom is -0.490 e. The number of benzene rings is 2. The van der Waals surface area contributed by atoms with Crippen molar-refractivity contribution in [3.8, 4) is 17.2 Å². The second kappa shape index (κ2) is 6.50. The third-order valence-corrected chi connectivity index (χ3v) is 4.45. The largest absolute Gasteiger partial charge is 0.490 e. The predicted molar refractivity (Wildman–Crippen MR) is 87.9 cm³/mol. The molecule has 0 N–H and O–H groups in total. The Kier molecular flexibility index (Phi) is 4.07. The summed E-state index contributed by atoms with van der Waals surface area (Å²) >= 11 is 0. The van der Waals surface area contributed by atoms with Crippen LogP contribution in [0.4, 0.5) is 0 Å². The second-order valence-corrected chi connectivity index (χ2v) is 6.06. The molecule has 0 radical (unpaired) electrons. The smallest absolute Gasteiger partial charge is 0.231 e. The normalized spacial score (nSPS) is 18.1. The van der Waals surface area contributed by atoms with Gasteiger partial charge in [-0.1, -0.05) is 30.3 Å². The van der Waals surface area contributed by atoms with E-state index in [2.05, 4.69) is 11.0 Å². The molecule has 1 saturated heterocycles. The summed E-state index contributed by atoms with van der Waals surface area (Å²) in [4.78, 5) is 2.46. The molecule has 120 valence electrons. The molecule has 4 nitrogen and oxygen atoms in total. The molecular weight excluding hydrogens is 290 g/mol. The fourth-order valence-corrected chi connectivity index (χ4v) is 3.23. The van der Waals surface area contributed by atoms with Crippen LogP contribution in [0.3, 0.4) is 0 Å². The summed E-state index contributed by atoms with van der Waals surface area (Å²) in [5.41, 5.74) is 1.21. The molecule has 0 saturated carbocycles. The first kappa shape index (κ1) is 14.4. The van der Waals surface area contributed by atoms with Crippen molar-refractivity contribution in [1.82, 2.24) is 4.90 Å². The molecule has 2 aromatic rings. The van der Waals surface area contributed by atoms with Gasteiger partial charge in [-0.05, 0) is 31.0 Å². The van der Waals surface area contributed by atoms with Gasteiger partial charge in [0.15, 0.2) is 11.5 Å². The van der Waals surface area contributed by atoms with Gasteiger partial charge in [-0.25, -0.2) is 0 Å². The van der Waals surface area contributed by atoms with Crippen LogP contribution >= 0.6 is 0 Å². The maximum Gasteiger partial charge on any atom is 0.231 e. The van der Waals surface area contributed by atoms with E-state index in [-0.39, 0.29) is 0 Å². The van der Waals surface area contributed by atoms with E-state index in [0.717, 1.165) is 49.7 Å². The number of hydrogen-bond acceptors (Lipinski definition) is 4. The average molecular weight is 311 g/mol. The number of piperidine rings is 1. The van der Waals surface area contributed by atoms with Crippen LogP contribution in [0.5, 0.6) is 17.2 Å². The van der Waals surface area contributed by atoms with E-state index >= 15 is 0 Å². The van der Waals surface area contributed by atoms with E-state index in [1.165, 1.54) is 5.56 Å². The lowest BCUT2D eigenvalue weighted by Crippen LogP contribution is -2.37. The highest BCUT2D eigenvalue weighted by atomic mass is 16.7. The number of nitrogens with zero attached hydrogens (tertiary/aromatic N) is 1. The van der Waals surface area contributed by atoms with Crippen molar-refractivity contribution >= 4 is 0 Å². The van der Waals surface area contributed by atoms with Crippen LogP contribution in [-0.2, 0) is 6.54 Å². The van der Waals surface area contributed by atoms with Crippen LogP contribution in [-0.4, -0.2) is 30.9 Å². The zero-order chi connectivity index (χ0) is 15.5. The number of hydrogen-bond donors (Lipinski definition) is 0. The molecule has 4 rings (SSSR count). The lowest BCUT2D eigenvalue weighted by Gasteiger charge is -2.32. The van der Waals surface area contributed by atoms with E-state index in [4.69, 9.17) is 14.2 Å². The highest BCUT2D eigenvalue weighted by molar-refractivity contribution is 5.48. The third kappa shape index (κ3) is 3.27. The fourth-order valence-electron chi connectivity index (χ4n) is 3.23. The SMILES string of the molecule is c1ccc(OC2CCN(Cc3cccc4c3OCO4)CC2)cc1. The fraction of sp³-hybridized carbons (Fsp3) is 0.368. The topological polar surface area (TPSA) is 30.9 Å². The molecule has 0 aromatic heterocycles. The Hall–Kier alpha value is -2.20. The van der Waals surface area contributed by atoms with Crippen LogP contribution in [0.1, 0.15) is 18.4 Å². The van der Waals surface area contributed by atoms with Gasteiger partial charge < -0.3 is 14.2 Å². The molecule has 2 aliphatic rings. The van der Waals surface area contributed by atoms with Crippen molar-refractivity contribution in [2.45, 2.75) is 25.5 Å². The van der Waals surface area contributed by atoms with Crippen molar-refractivity contribution in [2.24, 2.45) is 0 Å². The molecule has 4 heteroatoms. The monoisotopic (exact) mass is 311 g/mol. The molecule has 0 spiro atoms. The zero-order valence-electron chi connectivity index (χ0n) is 13.1. The molecule has 0 atom stereocenters. The Morgan fingerprint density at radius 3 is 2.61 bits per heavy atom. The standard InChI is InChI=1S/C19H21NO3/c1-2-6-16(7-3-1)23-17-9-11-20(12-10-17)13-15-5-4-8-18-19(15)22-14-21-18/h1-8,17H,9-14H2. The average Bonchev–Trinajstić information content (AvgIpc) is 3.07. The Morgan fingerprint density at radius 2 is 1.78 bits per heavy atom. The van der Waals surface area contributed by atoms with Gasteiger partial charge in [0.1, 0.15) is 11.9 Å². The minimum atomic E-state index is 0.315. The van der Waals surface area contributed by atoms with E-state index in [1.54, 1.807) is 0 Å². The Balaban J connectivity index is 1.33. The Labute approximate surface area is 136 Å². The maximum absolute atomic E-state index is 6.06. The molecule has 0 unspecified atom stereocenters. The van der Waals surface area contributed by atoms with Gasteiger partial charge in [0, 0.05) is 25.2 Å². The lowest BCUT2D eigenvalue weighted by atomic mass is 10.1. The van der Waals surface area contributed by atoms with Crippen molar-refractivity contribution in [1.29, 1.82) is 0 Å². The van der Waals surface area contributed by atoms with Gasteiger partial charge in [0.25, 0.3) is 0 Å². The molecule has 2 aromatic carbocycles. The summed E-state index contributed by atoms with van der Waals surface area (Å²) in [6.45, 7) is 3.33. The molecule has 1 fully saturated rings. The second-order valence-electron chi connectivity index (χ2n) is 6.06. The van der Waals surface area contributed by atoms with E-state index in [0.29, 0.717) is 12.9 Å². The minimum absolute atomic E-state index is 0.315. The number of likely N-dealkylation sites (tertiary alicyclic amines) is 1. The van der Waals surface area contributed by atoms with Crippen LogP contribution in [0.2, 0.25) is 0 Å². The molecule has 23 heavy (non-hydrogen) atoms. The number of para-hydroxylation sites is 2. The van der Waals surface area contributed by atoms with Crippen LogP contribution in [0.15, 0.2) is 48.5 Å². The van der Waals surface area contributed by atoms with E-state index < -0.39 is 0 Å². The van der Waals surface area contributed by atoms with Gasteiger partial charge in [-0.2, -0.15) is 0 Å². The van der Waals surface area contributed by atoms with Crippen LogP contribution in [0, 0.1) is 0 Å². The first-order valence-corrected chi connectivity index (χ1v) is 8.20. The van der Waals surface area contributed by atoms with E-state index in [9.17, 15) is 0 Å². The molecule has 2 heterocycles. The van der Waals surface area contributed by atoms with Crippen molar-refractivity contribution in [2.75, 3.05) is 19.9 Å². The highest BCUT2D eigenvalue weighted by Gasteiger charge is 2.23. The maximum atomic E-state index is 6.06. The van der Waals surface area contributed by atoms with Gasteiger partial charge in [0.2, 0.25) is 6.79 Å². The lowest BCUT2D eigenvalue weighted by molar-refractivity contribution is 0.0961. The van der Waals surface area contributed by atoms with Crippen molar-refractivity contribution in [3.63, 3.8) is 0 Å². The van der Waals surface area contributed by atoms with Crippen LogP contribution in [0.25, 0.3) is 0 Å². The van der Waals surface area contributed by atoms with Gasteiger partial charge >= 0.3 is 0 Å². The Bertz CT molecular complexity index is 651. The summed E-state index contributed by atoms with van der Waals surface area (Å²) in [5.74, 6) is 2.75. The van der Waals surface area contributed by atoms with Gasteiger partial charge in [-0.3, -0.25) is 4.90 Å². The first-order chi connectivity index (χ1) is 11.4. The highest BCUT2D eigenvalue weighted by Crippen LogP contribution is 2.36. The van der Waals surface area contributed by atoms with Crippen molar-refractivity contribution < 1.29 is 14.2 Å². The summed E-state index contributed by atoms with van der Waals surface area (Å²) in [6, 6.07) is 16.2.